The minimum absolute atomic E-state index is 0.109. The molecule has 0 unspecified atom stereocenters. The number of carbonyl (C=O) groups excluding carboxylic acids is 2. The van der Waals surface area contributed by atoms with Gasteiger partial charge >= 0.3 is 0 Å². The highest BCUT2D eigenvalue weighted by molar-refractivity contribution is 7.91. The summed E-state index contributed by atoms with van der Waals surface area (Å²) in [7, 11) is -3.27. The van der Waals surface area contributed by atoms with E-state index in [4.69, 9.17) is 4.52 Å². The Morgan fingerprint density at radius 2 is 1.76 bits per heavy atom. The van der Waals surface area contributed by atoms with Crippen LogP contribution in [0.15, 0.2) is 64.0 Å². The smallest absolute Gasteiger partial charge is 0.260 e. The molecule has 2 aromatic carbocycles. The van der Waals surface area contributed by atoms with E-state index in [0.29, 0.717) is 34.3 Å². The molecule has 0 atom stereocenters. The van der Waals surface area contributed by atoms with E-state index in [1.54, 1.807) is 61.5 Å². The maximum atomic E-state index is 12.8. The molecule has 0 aliphatic heterocycles. The minimum atomic E-state index is -3.27. The lowest BCUT2D eigenvalue weighted by atomic mass is 10.1. The Morgan fingerprint density at radius 1 is 1.09 bits per heavy atom. The number of amides is 2. The standard InChI is InChI=1S/C25H27N3O5S/c1-3-28(24-14-17(2)27-33-24)25(30)20-8-10-21(11-9-20)26-23(29)15-18-6-12-22(13-7-18)34(31,32)16-19-4-5-19/h6-14,19H,3-5,15-16H2,1-2H3,(H,26,29). The van der Waals surface area contributed by atoms with Gasteiger partial charge in [-0.2, -0.15) is 0 Å². The third-order valence-corrected chi connectivity index (χ3v) is 7.56. The Kier molecular flexibility index (Phi) is 6.83. The molecule has 0 spiro atoms. The summed E-state index contributed by atoms with van der Waals surface area (Å²) in [6, 6.07) is 14.8. The molecule has 1 aliphatic carbocycles. The Morgan fingerprint density at radius 3 is 2.32 bits per heavy atom. The third-order valence-electron chi connectivity index (χ3n) is 5.66. The van der Waals surface area contributed by atoms with Gasteiger partial charge in [0.25, 0.3) is 5.91 Å². The number of nitrogens with zero attached hydrogens (tertiary/aromatic N) is 2. The number of rotatable bonds is 9. The van der Waals surface area contributed by atoms with Crippen molar-refractivity contribution < 1.29 is 22.5 Å². The SMILES string of the molecule is CCN(C(=O)c1ccc(NC(=O)Cc2ccc(S(=O)(=O)CC3CC3)cc2)cc1)c1cc(C)no1. The van der Waals surface area contributed by atoms with Gasteiger partial charge < -0.3 is 9.84 Å². The molecular weight excluding hydrogens is 454 g/mol. The molecule has 4 rings (SSSR count). The van der Waals surface area contributed by atoms with Gasteiger partial charge in [-0.25, -0.2) is 8.42 Å². The van der Waals surface area contributed by atoms with Crippen molar-refractivity contribution in [1.29, 1.82) is 0 Å². The number of hydrogen-bond donors (Lipinski definition) is 1. The van der Waals surface area contributed by atoms with Crippen LogP contribution in [0.25, 0.3) is 0 Å². The zero-order valence-corrected chi connectivity index (χ0v) is 20.0. The predicted molar refractivity (Wildman–Crippen MR) is 129 cm³/mol. The van der Waals surface area contributed by atoms with Gasteiger partial charge in [0.05, 0.1) is 22.8 Å². The minimum Gasteiger partial charge on any atom is -0.338 e. The fraction of sp³-hybridized carbons (Fsp3) is 0.320. The van der Waals surface area contributed by atoms with Crippen molar-refractivity contribution >= 4 is 33.2 Å². The van der Waals surface area contributed by atoms with Crippen LogP contribution in [-0.4, -0.2) is 37.7 Å². The molecule has 1 N–H and O–H groups in total. The average molecular weight is 482 g/mol. The largest absolute Gasteiger partial charge is 0.338 e. The van der Waals surface area contributed by atoms with Crippen molar-refractivity contribution in [3.8, 4) is 0 Å². The lowest BCUT2D eigenvalue weighted by molar-refractivity contribution is -0.115. The maximum Gasteiger partial charge on any atom is 0.260 e. The monoisotopic (exact) mass is 481 g/mol. The lowest BCUT2D eigenvalue weighted by Gasteiger charge is -2.17. The van der Waals surface area contributed by atoms with Crippen LogP contribution < -0.4 is 10.2 Å². The number of carbonyl (C=O) groups is 2. The molecule has 1 heterocycles. The summed E-state index contributed by atoms with van der Waals surface area (Å²) in [4.78, 5) is 27.1. The van der Waals surface area contributed by atoms with E-state index >= 15 is 0 Å². The van der Waals surface area contributed by atoms with E-state index in [0.717, 1.165) is 18.4 Å². The predicted octanol–water partition coefficient (Wildman–Crippen LogP) is 4.01. The van der Waals surface area contributed by atoms with Crippen LogP contribution in [0.1, 0.15) is 41.4 Å². The van der Waals surface area contributed by atoms with Gasteiger partial charge in [-0.15, -0.1) is 0 Å². The van der Waals surface area contributed by atoms with E-state index in [9.17, 15) is 18.0 Å². The highest BCUT2D eigenvalue weighted by Gasteiger charge is 2.29. The third kappa shape index (κ3) is 5.72. The number of sulfone groups is 1. The zero-order chi connectivity index (χ0) is 24.3. The molecule has 3 aromatic rings. The van der Waals surface area contributed by atoms with Crippen LogP contribution in [0.3, 0.4) is 0 Å². The second-order valence-electron chi connectivity index (χ2n) is 8.53. The number of aromatic nitrogens is 1. The zero-order valence-electron chi connectivity index (χ0n) is 19.2. The fourth-order valence-corrected chi connectivity index (χ4v) is 5.32. The summed E-state index contributed by atoms with van der Waals surface area (Å²) in [5.74, 6) is 0.398. The molecule has 1 aromatic heterocycles. The number of nitrogens with one attached hydrogen (secondary N) is 1. The van der Waals surface area contributed by atoms with Gasteiger partial charge in [0.1, 0.15) is 0 Å². The molecule has 0 radical (unpaired) electrons. The van der Waals surface area contributed by atoms with Crippen LogP contribution in [0, 0.1) is 12.8 Å². The molecule has 34 heavy (non-hydrogen) atoms. The number of hydrogen-bond acceptors (Lipinski definition) is 6. The molecule has 1 fully saturated rings. The van der Waals surface area contributed by atoms with Gasteiger partial charge in [-0.05, 0) is 74.6 Å². The molecule has 0 bridgehead atoms. The van der Waals surface area contributed by atoms with Gasteiger partial charge in [-0.3, -0.25) is 14.5 Å². The van der Waals surface area contributed by atoms with Crippen molar-refractivity contribution in [3.63, 3.8) is 0 Å². The number of anilines is 2. The first-order valence-corrected chi connectivity index (χ1v) is 12.9. The second-order valence-corrected chi connectivity index (χ2v) is 10.6. The summed E-state index contributed by atoms with van der Waals surface area (Å²) in [6.07, 6.45) is 2.06. The average Bonchev–Trinajstić information content (AvgIpc) is 3.51. The molecule has 0 saturated heterocycles. The number of benzene rings is 2. The van der Waals surface area contributed by atoms with Crippen LogP contribution in [0.2, 0.25) is 0 Å². The molecule has 178 valence electrons. The fourth-order valence-electron chi connectivity index (χ4n) is 3.63. The van der Waals surface area contributed by atoms with Gasteiger partial charge in [0.2, 0.25) is 11.8 Å². The van der Waals surface area contributed by atoms with E-state index in [2.05, 4.69) is 10.5 Å². The van der Waals surface area contributed by atoms with Gasteiger partial charge in [0, 0.05) is 23.9 Å². The molecule has 8 nitrogen and oxygen atoms in total. The van der Waals surface area contributed by atoms with Crippen molar-refractivity contribution in [2.45, 2.75) is 38.0 Å². The summed E-state index contributed by atoms with van der Waals surface area (Å²) in [5.41, 5.74) is 2.42. The van der Waals surface area contributed by atoms with Crippen LogP contribution in [0.4, 0.5) is 11.6 Å². The Balaban J connectivity index is 1.35. The molecule has 2 amide bonds. The summed E-state index contributed by atoms with van der Waals surface area (Å²) >= 11 is 0. The first-order chi connectivity index (χ1) is 16.2. The highest BCUT2D eigenvalue weighted by atomic mass is 32.2. The Labute approximate surface area is 198 Å². The maximum absolute atomic E-state index is 12.8. The number of aryl methyl sites for hydroxylation is 1. The van der Waals surface area contributed by atoms with Crippen LogP contribution >= 0.6 is 0 Å². The van der Waals surface area contributed by atoms with E-state index in [1.807, 2.05) is 6.92 Å². The summed E-state index contributed by atoms with van der Waals surface area (Å²) < 4.78 is 29.9. The summed E-state index contributed by atoms with van der Waals surface area (Å²) in [6.45, 7) is 4.06. The van der Waals surface area contributed by atoms with Crippen molar-refractivity contribution in [2.75, 3.05) is 22.5 Å². The second kappa shape index (κ2) is 9.80. The summed E-state index contributed by atoms with van der Waals surface area (Å²) in [5, 5.41) is 6.63. The van der Waals surface area contributed by atoms with Crippen molar-refractivity contribution in [1.82, 2.24) is 5.16 Å². The highest BCUT2D eigenvalue weighted by Crippen LogP contribution is 2.32. The first-order valence-electron chi connectivity index (χ1n) is 11.2. The first kappa shape index (κ1) is 23.7. The van der Waals surface area contributed by atoms with E-state index in [1.165, 1.54) is 4.90 Å². The molecule has 9 heteroatoms. The quantitative estimate of drug-likeness (QED) is 0.494. The van der Waals surface area contributed by atoms with E-state index < -0.39 is 9.84 Å². The molecule has 1 saturated carbocycles. The molecule has 1 aliphatic rings. The van der Waals surface area contributed by atoms with Crippen LogP contribution in [-0.2, 0) is 21.1 Å². The lowest BCUT2D eigenvalue weighted by Crippen LogP contribution is -2.30. The van der Waals surface area contributed by atoms with Crippen molar-refractivity contribution in [2.24, 2.45) is 5.92 Å². The van der Waals surface area contributed by atoms with Gasteiger partial charge in [0.15, 0.2) is 9.84 Å². The van der Waals surface area contributed by atoms with E-state index in [-0.39, 0.29) is 29.9 Å². The van der Waals surface area contributed by atoms with Crippen molar-refractivity contribution in [3.05, 3.63) is 71.4 Å². The normalized spacial score (nSPS) is 13.5. The molecular formula is C25H27N3O5S. The topological polar surface area (TPSA) is 110 Å². The van der Waals surface area contributed by atoms with Crippen LogP contribution in [0.5, 0.6) is 0 Å². The van der Waals surface area contributed by atoms with Gasteiger partial charge in [-0.1, -0.05) is 17.3 Å². The Bertz CT molecular complexity index is 1280. The Hall–Kier alpha value is -3.46.